The SMILES string of the molecule is FC(F)(F)C(F)(Cl)C(F)(F)OCl. The number of alkyl halides is 7. The van der Waals surface area contributed by atoms with E-state index in [1.807, 2.05) is 0 Å². The molecular formula is C3Cl2F6O. The van der Waals surface area contributed by atoms with Crippen LogP contribution in [0.15, 0.2) is 0 Å². The zero-order valence-corrected chi connectivity index (χ0v) is 6.44. The summed E-state index contributed by atoms with van der Waals surface area (Å²) in [5, 5.41) is -5.33. The van der Waals surface area contributed by atoms with Crippen molar-refractivity contribution < 1.29 is 30.6 Å². The van der Waals surface area contributed by atoms with Crippen molar-refractivity contribution in [2.45, 2.75) is 17.4 Å². The Morgan fingerprint density at radius 2 is 1.25 bits per heavy atom. The molecule has 0 bridgehead atoms. The summed E-state index contributed by atoms with van der Waals surface area (Å²) < 4.78 is 72.4. The summed E-state index contributed by atoms with van der Waals surface area (Å²) in [6.45, 7) is 0. The van der Waals surface area contributed by atoms with Crippen LogP contribution in [0.25, 0.3) is 0 Å². The molecule has 0 rings (SSSR count). The highest BCUT2D eigenvalue weighted by Crippen LogP contribution is 2.49. The molecule has 0 aromatic rings. The van der Waals surface area contributed by atoms with Gasteiger partial charge >= 0.3 is 17.4 Å². The molecule has 0 radical (unpaired) electrons. The van der Waals surface area contributed by atoms with Crippen LogP contribution >= 0.6 is 23.5 Å². The van der Waals surface area contributed by atoms with Gasteiger partial charge in [-0.25, -0.2) is 8.68 Å². The van der Waals surface area contributed by atoms with Gasteiger partial charge in [-0.05, 0) is 0 Å². The third-order valence-corrected chi connectivity index (χ3v) is 1.45. The van der Waals surface area contributed by atoms with Gasteiger partial charge in [0, 0.05) is 0 Å². The summed E-state index contributed by atoms with van der Waals surface area (Å²) in [7, 11) is 0. The average Bonchev–Trinajstić information content (AvgIpc) is 1.85. The number of hydrogen-bond acceptors (Lipinski definition) is 1. The molecule has 74 valence electrons. The monoisotopic (exact) mass is 236 g/mol. The lowest BCUT2D eigenvalue weighted by Gasteiger charge is -2.26. The third-order valence-electron chi connectivity index (χ3n) is 0.818. The molecule has 0 amide bonds. The first-order valence-electron chi connectivity index (χ1n) is 2.18. The van der Waals surface area contributed by atoms with Gasteiger partial charge in [-0.1, -0.05) is 11.6 Å². The number of rotatable bonds is 2. The molecule has 0 saturated heterocycles. The van der Waals surface area contributed by atoms with E-state index in [9.17, 15) is 26.3 Å². The second kappa shape index (κ2) is 3.12. The molecule has 0 fully saturated rings. The van der Waals surface area contributed by atoms with Crippen molar-refractivity contribution in [3.05, 3.63) is 0 Å². The second-order valence-electron chi connectivity index (χ2n) is 1.67. The molecule has 1 unspecified atom stereocenters. The fraction of sp³-hybridized carbons (Fsp3) is 1.00. The lowest BCUT2D eigenvalue weighted by atomic mass is 10.3. The summed E-state index contributed by atoms with van der Waals surface area (Å²) in [6, 6.07) is 0. The maximum absolute atomic E-state index is 12.1. The Hall–Kier alpha value is 0.120. The molecule has 1 nitrogen and oxygen atoms in total. The highest BCUT2D eigenvalue weighted by Gasteiger charge is 2.72. The van der Waals surface area contributed by atoms with E-state index in [1.165, 1.54) is 0 Å². The van der Waals surface area contributed by atoms with Crippen molar-refractivity contribution in [2.75, 3.05) is 0 Å². The molecule has 0 N–H and O–H groups in total. The predicted molar refractivity (Wildman–Crippen MR) is 27.6 cm³/mol. The Kier molecular flexibility index (Phi) is 3.15. The van der Waals surface area contributed by atoms with Crippen LogP contribution in [-0.2, 0) is 4.29 Å². The maximum Gasteiger partial charge on any atom is 0.446 e. The van der Waals surface area contributed by atoms with E-state index in [-0.39, 0.29) is 0 Å². The second-order valence-corrected chi connectivity index (χ2v) is 2.34. The lowest BCUT2D eigenvalue weighted by molar-refractivity contribution is -0.324. The van der Waals surface area contributed by atoms with Gasteiger partial charge in [0.05, 0.1) is 11.9 Å². The van der Waals surface area contributed by atoms with Crippen LogP contribution in [0.2, 0.25) is 0 Å². The molecule has 0 heterocycles. The van der Waals surface area contributed by atoms with Gasteiger partial charge in [0.1, 0.15) is 0 Å². The van der Waals surface area contributed by atoms with Gasteiger partial charge in [-0.15, -0.1) is 0 Å². The lowest BCUT2D eigenvalue weighted by Crippen LogP contribution is -2.51. The van der Waals surface area contributed by atoms with Gasteiger partial charge in [-0.2, -0.15) is 22.0 Å². The Morgan fingerprint density at radius 1 is 0.917 bits per heavy atom. The smallest absolute Gasteiger partial charge is 0.206 e. The Balaban J connectivity index is 4.85. The molecular weight excluding hydrogens is 237 g/mol. The Labute approximate surface area is 72.4 Å². The Bertz CT molecular complexity index is 165. The molecule has 0 aliphatic carbocycles. The minimum atomic E-state index is -5.98. The van der Waals surface area contributed by atoms with Crippen molar-refractivity contribution >= 4 is 23.5 Å². The van der Waals surface area contributed by atoms with Crippen LogP contribution in [0, 0.1) is 0 Å². The number of halogens is 8. The molecule has 0 aliphatic heterocycles. The van der Waals surface area contributed by atoms with Crippen molar-refractivity contribution in [3.8, 4) is 0 Å². The van der Waals surface area contributed by atoms with Crippen molar-refractivity contribution in [3.63, 3.8) is 0 Å². The number of hydrogen-bond donors (Lipinski definition) is 0. The first-order valence-corrected chi connectivity index (χ1v) is 2.87. The van der Waals surface area contributed by atoms with E-state index >= 15 is 0 Å². The quantitative estimate of drug-likeness (QED) is 0.529. The molecule has 0 saturated carbocycles. The molecule has 1 atom stereocenters. The minimum Gasteiger partial charge on any atom is -0.206 e. The van der Waals surface area contributed by atoms with Gasteiger partial charge in [0.25, 0.3) is 0 Å². The summed E-state index contributed by atoms with van der Waals surface area (Å²) in [4.78, 5) is 0. The zero-order valence-electron chi connectivity index (χ0n) is 4.93. The fourth-order valence-corrected chi connectivity index (χ4v) is 0.398. The molecule has 0 spiro atoms. The predicted octanol–water partition coefficient (Wildman–Crippen LogP) is 3.22. The normalized spacial score (nSPS) is 19.0. The third kappa shape index (κ3) is 1.89. The first-order chi connectivity index (χ1) is 5.06. The van der Waals surface area contributed by atoms with Crippen molar-refractivity contribution in [2.24, 2.45) is 0 Å². The molecule has 0 aliphatic rings. The molecule has 9 heteroatoms. The summed E-state index contributed by atoms with van der Waals surface area (Å²) in [5.74, 6) is 0. The molecule has 0 aromatic heterocycles. The van der Waals surface area contributed by atoms with Crippen molar-refractivity contribution in [1.29, 1.82) is 0 Å². The largest absolute Gasteiger partial charge is 0.446 e. The van der Waals surface area contributed by atoms with Crippen LogP contribution in [0.4, 0.5) is 26.3 Å². The standard InChI is InChI=1S/C3Cl2F6O/c4-1(6,2(7,8)9)3(10,11)12-5. The van der Waals surface area contributed by atoms with Gasteiger partial charge < -0.3 is 0 Å². The maximum atomic E-state index is 12.1. The summed E-state index contributed by atoms with van der Waals surface area (Å²) in [6.07, 6.45) is -11.3. The average molecular weight is 237 g/mol. The van der Waals surface area contributed by atoms with Gasteiger partial charge in [0.2, 0.25) is 0 Å². The highest BCUT2D eigenvalue weighted by molar-refractivity contribution is 6.24. The summed E-state index contributed by atoms with van der Waals surface area (Å²) >= 11 is 7.76. The van der Waals surface area contributed by atoms with Gasteiger partial charge in [-0.3, -0.25) is 0 Å². The van der Waals surface area contributed by atoms with Crippen LogP contribution in [0.3, 0.4) is 0 Å². The molecule has 12 heavy (non-hydrogen) atoms. The fourth-order valence-electron chi connectivity index (χ4n) is 0.213. The van der Waals surface area contributed by atoms with Crippen LogP contribution in [-0.4, -0.2) is 17.4 Å². The van der Waals surface area contributed by atoms with Crippen LogP contribution in [0.5, 0.6) is 0 Å². The van der Waals surface area contributed by atoms with E-state index in [2.05, 4.69) is 27.8 Å². The van der Waals surface area contributed by atoms with E-state index in [0.29, 0.717) is 0 Å². The highest BCUT2D eigenvalue weighted by atomic mass is 35.5. The van der Waals surface area contributed by atoms with E-state index in [1.54, 1.807) is 0 Å². The van der Waals surface area contributed by atoms with Crippen LogP contribution in [0.1, 0.15) is 0 Å². The van der Waals surface area contributed by atoms with Crippen LogP contribution < -0.4 is 0 Å². The van der Waals surface area contributed by atoms with Crippen molar-refractivity contribution in [1.82, 2.24) is 0 Å². The first kappa shape index (κ1) is 12.1. The van der Waals surface area contributed by atoms with E-state index in [0.717, 1.165) is 0 Å². The topological polar surface area (TPSA) is 9.23 Å². The molecule has 0 aromatic carbocycles. The van der Waals surface area contributed by atoms with Gasteiger partial charge in [0.15, 0.2) is 0 Å². The Morgan fingerprint density at radius 3 is 1.33 bits per heavy atom. The zero-order chi connectivity index (χ0) is 10.2. The van der Waals surface area contributed by atoms with E-state index < -0.39 is 17.4 Å². The summed E-state index contributed by atoms with van der Waals surface area (Å²) in [5.41, 5.74) is 0. The minimum absolute atomic E-state index is 2.44. The van der Waals surface area contributed by atoms with E-state index in [4.69, 9.17) is 0 Å².